The van der Waals surface area contributed by atoms with Crippen LogP contribution < -0.4 is 0 Å². The van der Waals surface area contributed by atoms with Gasteiger partial charge in [0.15, 0.2) is 0 Å². The molecule has 102 valence electrons. The summed E-state index contributed by atoms with van der Waals surface area (Å²) in [6, 6.07) is 15.4. The lowest BCUT2D eigenvalue weighted by molar-refractivity contribution is 1.25. The molecule has 4 rings (SSSR count). The zero-order valence-corrected chi connectivity index (χ0v) is 12.3. The second-order valence-electron chi connectivity index (χ2n) is 5.91. The van der Waals surface area contributed by atoms with E-state index in [0.29, 0.717) is 0 Å². The molecule has 0 aromatic heterocycles. The summed E-state index contributed by atoms with van der Waals surface area (Å²) in [5.74, 6) is 0. The summed E-state index contributed by atoms with van der Waals surface area (Å²) >= 11 is 0. The van der Waals surface area contributed by atoms with Crippen LogP contribution in [0.5, 0.6) is 0 Å². The third kappa shape index (κ3) is 2.17. The minimum atomic E-state index is 1.06. The van der Waals surface area contributed by atoms with E-state index in [1.54, 1.807) is 0 Å². The minimum Gasteiger partial charge on any atom is -0.0772 e. The maximum absolute atomic E-state index is 2.28. The van der Waals surface area contributed by atoms with Gasteiger partial charge in [0.25, 0.3) is 0 Å². The fourth-order valence-electron chi connectivity index (χ4n) is 3.34. The van der Waals surface area contributed by atoms with E-state index in [4.69, 9.17) is 0 Å². The highest BCUT2D eigenvalue weighted by atomic mass is 14.2. The van der Waals surface area contributed by atoms with Gasteiger partial charge in [-0.2, -0.15) is 0 Å². The smallest absolute Gasteiger partial charge is 0.000751 e. The Morgan fingerprint density at radius 2 is 1.76 bits per heavy atom. The van der Waals surface area contributed by atoms with E-state index in [0.717, 1.165) is 12.8 Å². The van der Waals surface area contributed by atoms with Crippen molar-refractivity contribution in [2.45, 2.75) is 19.8 Å². The fourth-order valence-corrected chi connectivity index (χ4v) is 3.34. The molecule has 0 radical (unpaired) electrons. The standard InChI is InChI=1S/C21H18/c1-15-9-10-16(13-15)11-12-17-6-4-8-20-19-7-3-2-5-18(19)14-21(17)20/h2-9,11-13H,10,14H2,1H3. The lowest BCUT2D eigenvalue weighted by atomic mass is 10.0. The van der Waals surface area contributed by atoms with Gasteiger partial charge in [0.05, 0.1) is 0 Å². The van der Waals surface area contributed by atoms with E-state index in [2.05, 4.69) is 73.7 Å². The molecule has 2 aromatic carbocycles. The third-order valence-electron chi connectivity index (χ3n) is 4.44. The highest BCUT2D eigenvalue weighted by Crippen LogP contribution is 2.38. The van der Waals surface area contributed by atoms with Crippen molar-refractivity contribution in [3.63, 3.8) is 0 Å². The summed E-state index contributed by atoms with van der Waals surface area (Å²) in [6.07, 6.45) is 11.2. The van der Waals surface area contributed by atoms with Crippen LogP contribution >= 0.6 is 0 Å². The van der Waals surface area contributed by atoms with E-state index in [-0.39, 0.29) is 0 Å². The van der Waals surface area contributed by atoms with Gasteiger partial charge >= 0.3 is 0 Å². The zero-order chi connectivity index (χ0) is 14.2. The minimum absolute atomic E-state index is 1.06. The second-order valence-corrected chi connectivity index (χ2v) is 5.91. The molecule has 0 aliphatic heterocycles. The Bertz CT molecular complexity index is 801. The van der Waals surface area contributed by atoms with Crippen LogP contribution in [-0.2, 0) is 6.42 Å². The first kappa shape index (κ1) is 12.4. The average molecular weight is 270 g/mol. The van der Waals surface area contributed by atoms with Crippen molar-refractivity contribution < 1.29 is 0 Å². The molecule has 0 amide bonds. The summed E-state index contributed by atoms with van der Waals surface area (Å²) in [7, 11) is 0. The SMILES string of the molecule is CC1=CCC(C=Cc2cccc3c2Cc2ccccc2-3)=C1. The van der Waals surface area contributed by atoms with E-state index >= 15 is 0 Å². The summed E-state index contributed by atoms with van der Waals surface area (Å²) in [4.78, 5) is 0. The van der Waals surface area contributed by atoms with Crippen molar-refractivity contribution in [1.29, 1.82) is 0 Å². The Morgan fingerprint density at radius 1 is 0.905 bits per heavy atom. The van der Waals surface area contributed by atoms with Crippen molar-refractivity contribution in [2.75, 3.05) is 0 Å². The van der Waals surface area contributed by atoms with E-state index in [1.807, 2.05) is 0 Å². The van der Waals surface area contributed by atoms with Crippen molar-refractivity contribution >= 4 is 6.08 Å². The largest absolute Gasteiger partial charge is 0.0772 e. The van der Waals surface area contributed by atoms with E-state index in [1.165, 1.54) is 39.0 Å². The fraction of sp³-hybridized carbons (Fsp3) is 0.143. The van der Waals surface area contributed by atoms with Gasteiger partial charge < -0.3 is 0 Å². The van der Waals surface area contributed by atoms with E-state index < -0.39 is 0 Å². The Morgan fingerprint density at radius 3 is 2.62 bits per heavy atom. The summed E-state index contributed by atoms with van der Waals surface area (Å²) < 4.78 is 0. The van der Waals surface area contributed by atoms with Gasteiger partial charge in [0.1, 0.15) is 0 Å². The van der Waals surface area contributed by atoms with Gasteiger partial charge in [-0.3, -0.25) is 0 Å². The van der Waals surface area contributed by atoms with Crippen LogP contribution in [0, 0.1) is 0 Å². The van der Waals surface area contributed by atoms with Gasteiger partial charge in [-0.05, 0) is 53.2 Å². The maximum atomic E-state index is 2.28. The average Bonchev–Trinajstić information content (AvgIpc) is 3.09. The number of hydrogen-bond donors (Lipinski definition) is 0. The number of fused-ring (bicyclic) bond motifs is 3. The molecule has 0 heterocycles. The summed E-state index contributed by atoms with van der Waals surface area (Å²) in [6.45, 7) is 2.16. The topological polar surface area (TPSA) is 0 Å². The van der Waals surface area contributed by atoms with Crippen molar-refractivity contribution in [1.82, 2.24) is 0 Å². The predicted octanol–water partition coefficient (Wildman–Crippen LogP) is 5.55. The molecule has 0 heteroatoms. The molecule has 2 aromatic rings. The van der Waals surface area contributed by atoms with Gasteiger partial charge in [0, 0.05) is 0 Å². The Hall–Kier alpha value is -2.34. The van der Waals surface area contributed by atoms with Crippen LogP contribution in [-0.4, -0.2) is 0 Å². The molecule has 21 heavy (non-hydrogen) atoms. The van der Waals surface area contributed by atoms with Crippen molar-refractivity contribution in [3.8, 4) is 11.1 Å². The van der Waals surface area contributed by atoms with Crippen LogP contribution in [0.4, 0.5) is 0 Å². The van der Waals surface area contributed by atoms with Gasteiger partial charge in [-0.25, -0.2) is 0 Å². The first-order valence-electron chi connectivity index (χ1n) is 7.57. The van der Waals surface area contributed by atoms with Gasteiger partial charge in [-0.1, -0.05) is 72.3 Å². The molecular weight excluding hydrogens is 252 g/mol. The predicted molar refractivity (Wildman–Crippen MR) is 90.2 cm³/mol. The third-order valence-corrected chi connectivity index (χ3v) is 4.44. The van der Waals surface area contributed by atoms with Crippen molar-refractivity contribution in [2.24, 2.45) is 0 Å². The lowest BCUT2D eigenvalue weighted by Gasteiger charge is -2.04. The molecule has 2 aliphatic rings. The quantitative estimate of drug-likeness (QED) is 0.573. The molecule has 0 nitrogen and oxygen atoms in total. The first-order chi connectivity index (χ1) is 10.3. The molecule has 0 saturated carbocycles. The second kappa shape index (κ2) is 4.89. The number of benzene rings is 2. The highest BCUT2D eigenvalue weighted by molar-refractivity contribution is 5.80. The monoisotopic (exact) mass is 270 g/mol. The molecule has 0 spiro atoms. The normalized spacial score (nSPS) is 15.9. The summed E-state index contributed by atoms with van der Waals surface area (Å²) in [5, 5.41) is 0. The Balaban J connectivity index is 1.70. The Kier molecular flexibility index (Phi) is 2.89. The van der Waals surface area contributed by atoms with E-state index in [9.17, 15) is 0 Å². The molecule has 0 fully saturated rings. The van der Waals surface area contributed by atoms with Crippen LogP contribution in [0.15, 0.2) is 71.8 Å². The molecule has 2 aliphatic carbocycles. The van der Waals surface area contributed by atoms with Crippen molar-refractivity contribution in [3.05, 3.63) is 88.5 Å². The van der Waals surface area contributed by atoms with Crippen LogP contribution in [0.2, 0.25) is 0 Å². The highest BCUT2D eigenvalue weighted by Gasteiger charge is 2.19. The zero-order valence-electron chi connectivity index (χ0n) is 12.3. The lowest BCUT2D eigenvalue weighted by Crippen LogP contribution is -1.86. The maximum Gasteiger partial charge on any atom is -0.000751 e. The van der Waals surface area contributed by atoms with Gasteiger partial charge in [0.2, 0.25) is 0 Å². The Labute approximate surface area is 126 Å². The molecule has 0 saturated heterocycles. The number of rotatable bonds is 2. The molecular formula is C21H18. The molecule has 0 unspecified atom stereocenters. The first-order valence-corrected chi connectivity index (χ1v) is 7.57. The van der Waals surface area contributed by atoms with Crippen LogP contribution in [0.1, 0.15) is 30.0 Å². The van der Waals surface area contributed by atoms with Crippen LogP contribution in [0.25, 0.3) is 17.2 Å². The molecule has 0 N–H and O–H groups in total. The molecule has 0 atom stereocenters. The molecule has 0 bridgehead atoms. The number of hydrogen-bond acceptors (Lipinski definition) is 0. The van der Waals surface area contributed by atoms with Crippen LogP contribution in [0.3, 0.4) is 0 Å². The summed E-state index contributed by atoms with van der Waals surface area (Å²) in [5.41, 5.74) is 9.86. The number of allylic oxidation sites excluding steroid dienone is 5. The van der Waals surface area contributed by atoms with Gasteiger partial charge in [-0.15, -0.1) is 0 Å².